The summed E-state index contributed by atoms with van der Waals surface area (Å²) in [6.07, 6.45) is 1.44. The quantitative estimate of drug-likeness (QED) is 0.749. The smallest absolute Gasteiger partial charge is 0.335 e. The van der Waals surface area contributed by atoms with Gasteiger partial charge in [-0.3, -0.25) is 4.68 Å². The van der Waals surface area contributed by atoms with E-state index in [9.17, 15) is 4.79 Å². The first-order chi connectivity index (χ1) is 10.0. The minimum Gasteiger partial charge on any atom is -0.478 e. The van der Waals surface area contributed by atoms with E-state index in [2.05, 4.69) is 15.1 Å². The van der Waals surface area contributed by atoms with Gasteiger partial charge < -0.3 is 5.11 Å². The number of aromatic carboxylic acids is 1. The van der Waals surface area contributed by atoms with E-state index < -0.39 is 5.97 Å². The molecule has 0 aliphatic rings. The van der Waals surface area contributed by atoms with Crippen LogP contribution in [0.25, 0.3) is 10.9 Å². The molecular weight excluding hydrogens is 288 g/mol. The van der Waals surface area contributed by atoms with Crippen molar-refractivity contribution in [3.63, 3.8) is 0 Å². The van der Waals surface area contributed by atoms with Crippen molar-refractivity contribution >= 4 is 28.6 Å². The predicted octanol–water partition coefficient (Wildman–Crippen LogP) is 2.52. The number of carboxylic acids is 1. The van der Waals surface area contributed by atoms with Gasteiger partial charge >= 0.3 is 5.97 Å². The van der Waals surface area contributed by atoms with Crippen molar-refractivity contribution in [1.29, 1.82) is 0 Å². The van der Waals surface area contributed by atoms with Crippen LogP contribution in [0.4, 0.5) is 0 Å². The molecule has 6 nitrogen and oxygen atoms in total. The van der Waals surface area contributed by atoms with Crippen LogP contribution in [0, 0.1) is 6.92 Å². The van der Waals surface area contributed by atoms with E-state index in [4.69, 9.17) is 5.11 Å². The molecule has 3 aromatic rings. The zero-order chi connectivity index (χ0) is 15.0. The SMILES string of the molecule is Cc1cc(Sc2ncnc3cc(C(=O)O)ccc23)n(C)n1. The number of carbonyl (C=O) groups is 1. The van der Waals surface area contributed by atoms with Crippen LogP contribution in [-0.2, 0) is 7.05 Å². The number of hydrogen-bond donors (Lipinski definition) is 1. The van der Waals surface area contributed by atoms with Gasteiger partial charge in [-0.25, -0.2) is 14.8 Å². The van der Waals surface area contributed by atoms with Crippen molar-refractivity contribution in [1.82, 2.24) is 19.7 Å². The Bertz CT molecular complexity index is 844. The zero-order valence-corrected chi connectivity index (χ0v) is 12.3. The van der Waals surface area contributed by atoms with Crippen molar-refractivity contribution in [2.24, 2.45) is 7.05 Å². The van der Waals surface area contributed by atoms with Crippen molar-refractivity contribution < 1.29 is 9.90 Å². The van der Waals surface area contributed by atoms with E-state index in [0.717, 1.165) is 21.1 Å². The lowest BCUT2D eigenvalue weighted by Gasteiger charge is -2.05. The lowest BCUT2D eigenvalue weighted by atomic mass is 10.1. The molecule has 2 heterocycles. The van der Waals surface area contributed by atoms with E-state index in [1.54, 1.807) is 22.9 Å². The Morgan fingerprint density at radius 3 is 2.76 bits per heavy atom. The van der Waals surface area contributed by atoms with Crippen LogP contribution in [0.1, 0.15) is 16.1 Å². The number of aryl methyl sites for hydroxylation is 2. The molecule has 21 heavy (non-hydrogen) atoms. The third-order valence-electron chi connectivity index (χ3n) is 3.01. The second kappa shape index (κ2) is 5.17. The molecule has 0 saturated carbocycles. The third kappa shape index (κ3) is 2.59. The number of nitrogens with zero attached hydrogens (tertiary/aromatic N) is 4. The lowest BCUT2D eigenvalue weighted by molar-refractivity contribution is 0.0697. The molecule has 1 N–H and O–H groups in total. The van der Waals surface area contributed by atoms with Crippen molar-refractivity contribution in [3.8, 4) is 0 Å². The van der Waals surface area contributed by atoms with Gasteiger partial charge in [-0.1, -0.05) is 0 Å². The summed E-state index contributed by atoms with van der Waals surface area (Å²) in [5.41, 5.74) is 1.77. The molecule has 1 aromatic carbocycles. The molecule has 7 heteroatoms. The fraction of sp³-hybridized carbons (Fsp3) is 0.143. The van der Waals surface area contributed by atoms with Crippen molar-refractivity contribution in [2.45, 2.75) is 17.0 Å². The minimum absolute atomic E-state index is 0.216. The third-order valence-corrected chi connectivity index (χ3v) is 4.12. The molecule has 2 aromatic heterocycles. The lowest BCUT2D eigenvalue weighted by Crippen LogP contribution is -1.97. The number of hydrogen-bond acceptors (Lipinski definition) is 5. The summed E-state index contributed by atoms with van der Waals surface area (Å²) in [5.74, 6) is -0.966. The Morgan fingerprint density at radius 1 is 1.29 bits per heavy atom. The fourth-order valence-electron chi connectivity index (χ4n) is 2.03. The second-order valence-electron chi connectivity index (χ2n) is 4.57. The molecule has 0 atom stereocenters. The van der Waals surface area contributed by atoms with E-state index in [1.165, 1.54) is 18.1 Å². The molecule has 106 valence electrons. The molecule has 0 spiro atoms. The maximum Gasteiger partial charge on any atom is 0.335 e. The first kappa shape index (κ1) is 13.6. The highest BCUT2D eigenvalue weighted by Crippen LogP contribution is 2.31. The molecule has 0 radical (unpaired) electrons. The highest BCUT2D eigenvalue weighted by Gasteiger charge is 2.11. The summed E-state index contributed by atoms with van der Waals surface area (Å²) in [7, 11) is 1.88. The number of carboxylic acid groups (broad SMARTS) is 1. The van der Waals surface area contributed by atoms with Gasteiger partial charge in [0.2, 0.25) is 0 Å². The van der Waals surface area contributed by atoms with Crippen molar-refractivity contribution in [2.75, 3.05) is 0 Å². The summed E-state index contributed by atoms with van der Waals surface area (Å²) in [6, 6.07) is 6.83. The summed E-state index contributed by atoms with van der Waals surface area (Å²) in [5, 5.41) is 15.9. The zero-order valence-electron chi connectivity index (χ0n) is 11.4. The van der Waals surface area contributed by atoms with Gasteiger partial charge in [-0.2, -0.15) is 5.10 Å². The van der Waals surface area contributed by atoms with Crippen LogP contribution in [0.3, 0.4) is 0 Å². The number of benzene rings is 1. The van der Waals surface area contributed by atoms with E-state index >= 15 is 0 Å². The molecule has 0 aliphatic heterocycles. The van der Waals surface area contributed by atoms with Gasteiger partial charge in [0, 0.05) is 12.4 Å². The summed E-state index contributed by atoms with van der Waals surface area (Å²) < 4.78 is 1.79. The monoisotopic (exact) mass is 300 g/mol. The topological polar surface area (TPSA) is 80.9 Å². The van der Waals surface area contributed by atoms with Crippen LogP contribution >= 0.6 is 11.8 Å². The standard InChI is InChI=1S/C14H12N4O2S/c1-8-5-12(18(2)17-8)21-13-10-4-3-9(14(19)20)6-11(10)15-7-16-13/h3-7H,1-2H3,(H,19,20). The van der Waals surface area contributed by atoms with Gasteiger partial charge in [-0.05, 0) is 43.0 Å². The number of fused-ring (bicyclic) bond motifs is 1. The molecular formula is C14H12N4O2S. The molecule has 0 aliphatic carbocycles. The van der Waals surface area contributed by atoms with Crippen molar-refractivity contribution in [3.05, 3.63) is 41.9 Å². The Morgan fingerprint density at radius 2 is 2.10 bits per heavy atom. The molecule has 0 bridgehead atoms. The van der Waals surface area contributed by atoms with Crippen LogP contribution in [-0.4, -0.2) is 30.8 Å². The molecule has 0 unspecified atom stereocenters. The van der Waals surface area contributed by atoms with Gasteiger partial charge in [0.05, 0.1) is 16.8 Å². The largest absolute Gasteiger partial charge is 0.478 e. The second-order valence-corrected chi connectivity index (χ2v) is 5.57. The molecule has 0 saturated heterocycles. The molecule has 0 fully saturated rings. The summed E-state index contributed by atoms with van der Waals surface area (Å²) >= 11 is 1.48. The van der Waals surface area contributed by atoms with E-state index in [1.807, 2.05) is 20.0 Å². The maximum absolute atomic E-state index is 11.0. The maximum atomic E-state index is 11.0. The van der Waals surface area contributed by atoms with Gasteiger partial charge in [0.25, 0.3) is 0 Å². The van der Waals surface area contributed by atoms with Crippen LogP contribution in [0.15, 0.2) is 40.6 Å². The molecule has 3 rings (SSSR count). The summed E-state index contributed by atoms with van der Waals surface area (Å²) in [4.78, 5) is 19.4. The fourth-order valence-corrected chi connectivity index (χ4v) is 3.01. The predicted molar refractivity (Wildman–Crippen MR) is 78.6 cm³/mol. The Balaban J connectivity index is 2.07. The Labute approximate surface area is 124 Å². The van der Waals surface area contributed by atoms with Crippen LogP contribution in [0.2, 0.25) is 0 Å². The Hall–Kier alpha value is -2.41. The van der Waals surface area contributed by atoms with Gasteiger partial charge in [-0.15, -0.1) is 0 Å². The van der Waals surface area contributed by atoms with Crippen LogP contribution in [0.5, 0.6) is 0 Å². The average molecular weight is 300 g/mol. The highest BCUT2D eigenvalue weighted by atomic mass is 32.2. The first-order valence-electron chi connectivity index (χ1n) is 6.21. The normalized spacial score (nSPS) is 11.0. The van der Waals surface area contributed by atoms with Crippen LogP contribution < -0.4 is 0 Å². The Kier molecular flexibility index (Phi) is 3.34. The van der Waals surface area contributed by atoms with Gasteiger partial charge in [0.1, 0.15) is 16.4 Å². The van der Waals surface area contributed by atoms with E-state index in [0.29, 0.717) is 5.52 Å². The average Bonchev–Trinajstić information content (AvgIpc) is 2.76. The number of aromatic nitrogens is 4. The molecule has 0 amide bonds. The van der Waals surface area contributed by atoms with Gasteiger partial charge in [0.15, 0.2) is 0 Å². The first-order valence-corrected chi connectivity index (χ1v) is 7.03. The summed E-state index contributed by atoms with van der Waals surface area (Å²) in [6.45, 7) is 1.93. The highest BCUT2D eigenvalue weighted by molar-refractivity contribution is 7.99. The van der Waals surface area contributed by atoms with E-state index in [-0.39, 0.29) is 5.56 Å². The minimum atomic E-state index is -0.966. The number of rotatable bonds is 3.